The van der Waals surface area contributed by atoms with Crippen molar-refractivity contribution in [3.05, 3.63) is 89.2 Å². The summed E-state index contributed by atoms with van der Waals surface area (Å²) >= 11 is 0. The molecule has 0 aliphatic carbocycles. The summed E-state index contributed by atoms with van der Waals surface area (Å²) in [5.41, 5.74) is 3.81. The molecule has 1 amide bonds. The lowest BCUT2D eigenvalue weighted by molar-refractivity contribution is -0.137. The maximum absolute atomic E-state index is 13.8. The van der Waals surface area contributed by atoms with E-state index in [1.807, 2.05) is 0 Å². The Hall–Kier alpha value is -4.05. The number of hydrogen-bond acceptors (Lipinski definition) is 5. The number of aliphatic carboxylic acids is 1. The molecule has 3 aromatic carbocycles. The molecule has 2 N–H and O–H groups in total. The Bertz CT molecular complexity index is 1450. The van der Waals surface area contributed by atoms with Gasteiger partial charge in [0, 0.05) is 19.2 Å². The van der Waals surface area contributed by atoms with Crippen LogP contribution in [-0.2, 0) is 26.0 Å². The molecule has 36 heavy (non-hydrogen) atoms. The summed E-state index contributed by atoms with van der Waals surface area (Å²) in [5, 5.41) is 11.6. The molecule has 8 nitrogen and oxygen atoms in total. The summed E-state index contributed by atoms with van der Waals surface area (Å²) in [4.78, 5) is 28.6. The number of hydrogen-bond donors (Lipinski definition) is 2. The van der Waals surface area contributed by atoms with Gasteiger partial charge in [-0.25, -0.2) is 12.8 Å². The van der Waals surface area contributed by atoms with Gasteiger partial charge in [-0.05, 0) is 59.5 Å². The van der Waals surface area contributed by atoms with Gasteiger partial charge in [0.05, 0.1) is 23.3 Å². The van der Waals surface area contributed by atoms with Gasteiger partial charge in [-0.1, -0.05) is 30.3 Å². The number of amides is 1. The van der Waals surface area contributed by atoms with Crippen LogP contribution in [0.5, 0.6) is 0 Å². The van der Waals surface area contributed by atoms with Crippen LogP contribution in [0.2, 0.25) is 0 Å². The monoisotopic (exact) mass is 509 g/mol. The number of carboxylic acids is 1. The van der Waals surface area contributed by atoms with Crippen LogP contribution in [0.25, 0.3) is 0 Å². The molecule has 0 saturated heterocycles. The number of halogens is 1. The first kappa shape index (κ1) is 25.1. The molecule has 0 saturated carbocycles. The van der Waals surface area contributed by atoms with Crippen molar-refractivity contribution in [1.82, 2.24) is 0 Å². The van der Waals surface area contributed by atoms with Crippen LogP contribution in [0.3, 0.4) is 0 Å². The van der Waals surface area contributed by atoms with E-state index in [1.54, 1.807) is 54.6 Å². The number of anilines is 2. The number of fused-ring (bicyclic) bond motifs is 1. The Morgan fingerprint density at radius 3 is 2.36 bits per heavy atom. The van der Waals surface area contributed by atoms with Crippen molar-refractivity contribution in [2.24, 2.45) is 4.99 Å². The first-order valence-electron chi connectivity index (χ1n) is 11.1. The predicted molar refractivity (Wildman–Crippen MR) is 136 cm³/mol. The first-order chi connectivity index (χ1) is 17.0. The Morgan fingerprint density at radius 1 is 1.08 bits per heavy atom. The smallest absolute Gasteiger partial charge is 0.303 e. The fraction of sp³-hybridized carbons (Fsp3) is 0.192. The van der Waals surface area contributed by atoms with E-state index < -0.39 is 27.7 Å². The standard InChI is InChI=1S/C26H24FN3O5S/c1-30(36(2,34)35)20-11-9-19(10-12-20)28-25(17-6-3-16(4-7-17)5-14-23(31)32)24-21-13-8-18(27)15-22(21)29-26(24)33/h3-4,6-13,15,24H,5,14H2,1-2H3,(H,29,33)(H,31,32). The molecule has 0 radical (unpaired) electrons. The quantitative estimate of drug-likeness (QED) is 0.444. The van der Waals surface area contributed by atoms with Crippen LogP contribution in [0.4, 0.5) is 21.5 Å². The molecule has 1 aliphatic rings. The third-order valence-corrected chi connectivity index (χ3v) is 7.16. The minimum atomic E-state index is -3.43. The first-order valence-corrected chi connectivity index (χ1v) is 12.9. The molecule has 4 rings (SSSR count). The van der Waals surface area contributed by atoms with Crippen molar-refractivity contribution < 1.29 is 27.5 Å². The predicted octanol–water partition coefficient (Wildman–Crippen LogP) is 4.10. The molecule has 0 aromatic heterocycles. The highest BCUT2D eigenvalue weighted by Gasteiger charge is 2.35. The van der Waals surface area contributed by atoms with Gasteiger partial charge in [0.1, 0.15) is 11.7 Å². The molecule has 1 aliphatic heterocycles. The van der Waals surface area contributed by atoms with Crippen molar-refractivity contribution in [3.63, 3.8) is 0 Å². The zero-order chi connectivity index (χ0) is 26.0. The lowest BCUT2D eigenvalue weighted by Crippen LogP contribution is -2.24. The van der Waals surface area contributed by atoms with Gasteiger partial charge in [0.15, 0.2) is 0 Å². The average molecular weight is 510 g/mol. The fourth-order valence-electron chi connectivity index (χ4n) is 3.96. The highest BCUT2D eigenvalue weighted by Crippen LogP contribution is 2.37. The molecule has 0 bridgehead atoms. The van der Waals surface area contributed by atoms with E-state index >= 15 is 0 Å². The van der Waals surface area contributed by atoms with Crippen molar-refractivity contribution in [2.45, 2.75) is 18.8 Å². The topological polar surface area (TPSA) is 116 Å². The lowest BCUT2D eigenvalue weighted by Gasteiger charge is -2.17. The number of nitrogens with zero attached hydrogens (tertiary/aromatic N) is 2. The minimum absolute atomic E-state index is 0.00145. The number of carbonyl (C=O) groups is 2. The van der Waals surface area contributed by atoms with Crippen LogP contribution in [0.1, 0.15) is 29.0 Å². The summed E-state index contributed by atoms with van der Waals surface area (Å²) < 4.78 is 38.6. The third-order valence-electron chi connectivity index (χ3n) is 5.96. The van der Waals surface area contributed by atoms with E-state index in [-0.39, 0.29) is 12.3 Å². The van der Waals surface area contributed by atoms with E-state index in [1.165, 1.54) is 19.2 Å². The van der Waals surface area contributed by atoms with Gasteiger partial charge >= 0.3 is 5.97 Å². The van der Waals surface area contributed by atoms with E-state index in [4.69, 9.17) is 10.1 Å². The van der Waals surface area contributed by atoms with Crippen molar-refractivity contribution in [3.8, 4) is 0 Å². The fourth-order valence-corrected chi connectivity index (χ4v) is 4.47. The van der Waals surface area contributed by atoms with Crippen LogP contribution in [-0.4, -0.2) is 44.4 Å². The molecular weight excluding hydrogens is 485 g/mol. The largest absolute Gasteiger partial charge is 0.481 e. The summed E-state index contributed by atoms with van der Waals surface area (Å²) in [7, 11) is -1.98. The Kier molecular flexibility index (Phi) is 6.89. The van der Waals surface area contributed by atoms with Gasteiger partial charge in [-0.2, -0.15) is 0 Å². The van der Waals surface area contributed by atoms with Gasteiger partial charge < -0.3 is 10.4 Å². The van der Waals surface area contributed by atoms with Crippen LogP contribution in [0.15, 0.2) is 71.7 Å². The molecule has 1 heterocycles. The number of carboxylic acid groups (broad SMARTS) is 1. The Labute approximate surface area is 208 Å². The number of aliphatic imine (C=N–C) groups is 1. The number of sulfonamides is 1. The SMILES string of the molecule is CN(c1ccc(N=C(c2ccc(CCC(=O)O)cc2)C2C(=O)Nc3cc(F)ccc32)cc1)S(C)(=O)=O. The maximum Gasteiger partial charge on any atom is 0.303 e. The van der Waals surface area contributed by atoms with E-state index in [0.717, 1.165) is 16.1 Å². The number of carbonyl (C=O) groups excluding carboxylic acids is 1. The average Bonchev–Trinajstić information content (AvgIpc) is 3.15. The second-order valence-corrected chi connectivity index (χ2v) is 10.5. The van der Waals surface area contributed by atoms with E-state index in [2.05, 4.69) is 5.32 Å². The summed E-state index contributed by atoms with van der Waals surface area (Å²) in [6.45, 7) is 0. The number of aryl methyl sites for hydroxylation is 1. The van der Waals surface area contributed by atoms with Gasteiger partial charge in [-0.15, -0.1) is 0 Å². The number of nitrogens with one attached hydrogen (secondary N) is 1. The van der Waals surface area contributed by atoms with Gasteiger partial charge in [0.2, 0.25) is 15.9 Å². The summed E-state index contributed by atoms with van der Waals surface area (Å²) in [5.74, 6) is -2.51. The van der Waals surface area contributed by atoms with Crippen molar-refractivity contribution >= 4 is 44.7 Å². The van der Waals surface area contributed by atoms with Gasteiger partial charge in [-0.3, -0.25) is 18.9 Å². The third kappa shape index (κ3) is 5.44. The summed E-state index contributed by atoms with van der Waals surface area (Å²) in [6, 6.07) is 17.8. The highest BCUT2D eigenvalue weighted by atomic mass is 32.2. The van der Waals surface area contributed by atoms with Crippen molar-refractivity contribution in [2.75, 3.05) is 22.9 Å². The zero-order valence-electron chi connectivity index (χ0n) is 19.6. The maximum atomic E-state index is 13.8. The Balaban J connectivity index is 1.76. The molecule has 10 heteroatoms. The molecule has 0 fully saturated rings. The highest BCUT2D eigenvalue weighted by molar-refractivity contribution is 7.92. The van der Waals surface area contributed by atoms with Crippen molar-refractivity contribution in [1.29, 1.82) is 0 Å². The second kappa shape index (κ2) is 9.90. The second-order valence-electron chi connectivity index (χ2n) is 8.49. The summed E-state index contributed by atoms with van der Waals surface area (Å²) in [6.07, 6.45) is 1.47. The number of rotatable bonds is 8. The molecule has 1 unspecified atom stereocenters. The molecular formula is C26H24FN3O5S. The van der Waals surface area contributed by atoms with Gasteiger partial charge in [0.25, 0.3) is 0 Å². The lowest BCUT2D eigenvalue weighted by atomic mass is 9.90. The normalized spacial score (nSPS) is 15.4. The van der Waals surface area contributed by atoms with Crippen LogP contribution in [0, 0.1) is 5.82 Å². The van der Waals surface area contributed by atoms with Crippen LogP contribution < -0.4 is 9.62 Å². The van der Waals surface area contributed by atoms with E-state index in [0.29, 0.717) is 40.3 Å². The van der Waals surface area contributed by atoms with E-state index in [9.17, 15) is 22.4 Å². The molecule has 0 spiro atoms. The van der Waals surface area contributed by atoms with Crippen LogP contribution >= 0.6 is 0 Å². The minimum Gasteiger partial charge on any atom is -0.481 e. The molecule has 1 atom stereocenters. The molecule has 3 aromatic rings. The molecule has 186 valence electrons. The zero-order valence-corrected chi connectivity index (χ0v) is 20.4. The number of benzene rings is 3. The Morgan fingerprint density at radius 2 is 1.75 bits per heavy atom.